The zero-order valence-electron chi connectivity index (χ0n) is 11.2. The third-order valence-electron chi connectivity index (χ3n) is 3.23. The van der Waals surface area contributed by atoms with E-state index in [-0.39, 0.29) is 6.04 Å². The van der Waals surface area contributed by atoms with E-state index in [4.69, 9.17) is 5.73 Å². The van der Waals surface area contributed by atoms with Crippen molar-refractivity contribution in [2.75, 3.05) is 0 Å². The van der Waals surface area contributed by atoms with E-state index in [9.17, 15) is 0 Å². The molecule has 0 bridgehead atoms. The first-order valence-electron chi connectivity index (χ1n) is 6.54. The molecule has 0 aliphatic carbocycles. The van der Waals surface area contributed by atoms with Crippen molar-refractivity contribution < 1.29 is 0 Å². The first-order valence-corrected chi connectivity index (χ1v) is 6.54. The van der Waals surface area contributed by atoms with Crippen molar-refractivity contribution in [3.63, 3.8) is 0 Å². The lowest BCUT2D eigenvalue weighted by atomic mass is 10.1. The number of benzene rings is 2. The number of aromatic amines is 1. The molecule has 3 rings (SSSR count). The summed E-state index contributed by atoms with van der Waals surface area (Å²) in [7, 11) is 0. The highest BCUT2D eigenvalue weighted by molar-refractivity contribution is 5.55. The predicted molar refractivity (Wildman–Crippen MR) is 79.0 cm³/mol. The molecule has 4 heteroatoms. The van der Waals surface area contributed by atoms with Gasteiger partial charge in [0.15, 0.2) is 5.82 Å². The summed E-state index contributed by atoms with van der Waals surface area (Å²) < 4.78 is 0. The number of nitrogens with zero attached hydrogens (tertiary/aromatic N) is 2. The Balaban J connectivity index is 1.91. The summed E-state index contributed by atoms with van der Waals surface area (Å²) in [5, 5.41) is 7.19. The number of nitrogens with two attached hydrogens (primary N) is 1. The molecule has 100 valence electrons. The van der Waals surface area contributed by atoms with Gasteiger partial charge in [-0.1, -0.05) is 54.1 Å². The minimum atomic E-state index is -0.290. The SMILES string of the molecule is Cc1cccc(-c2n[nH]c(C(N)c3ccccc3)n2)c1. The second-order valence-electron chi connectivity index (χ2n) is 4.80. The van der Waals surface area contributed by atoms with Gasteiger partial charge in [-0.3, -0.25) is 5.10 Å². The van der Waals surface area contributed by atoms with Gasteiger partial charge in [-0.05, 0) is 18.6 Å². The Morgan fingerprint density at radius 1 is 1.05 bits per heavy atom. The number of aryl methyl sites for hydroxylation is 1. The van der Waals surface area contributed by atoms with Gasteiger partial charge in [0.05, 0.1) is 6.04 Å². The quantitative estimate of drug-likeness (QED) is 0.764. The second kappa shape index (κ2) is 5.27. The van der Waals surface area contributed by atoms with Gasteiger partial charge in [-0.15, -0.1) is 0 Å². The van der Waals surface area contributed by atoms with Crippen LogP contribution in [0.15, 0.2) is 54.6 Å². The lowest BCUT2D eigenvalue weighted by Crippen LogP contribution is -2.13. The minimum Gasteiger partial charge on any atom is -0.318 e. The van der Waals surface area contributed by atoms with Crippen LogP contribution in [0.4, 0.5) is 0 Å². The van der Waals surface area contributed by atoms with Crippen molar-refractivity contribution in [1.29, 1.82) is 0 Å². The highest BCUT2D eigenvalue weighted by Gasteiger charge is 2.14. The summed E-state index contributed by atoms with van der Waals surface area (Å²) in [6, 6.07) is 17.7. The molecule has 0 radical (unpaired) electrons. The smallest absolute Gasteiger partial charge is 0.181 e. The van der Waals surface area contributed by atoms with Gasteiger partial charge in [0.25, 0.3) is 0 Å². The Kier molecular flexibility index (Phi) is 3.31. The highest BCUT2D eigenvalue weighted by atomic mass is 15.2. The fourth-order valence-electron chi connectivity index (χ4n) is 2.14. The molecule has 0 spiro atoms. The molecule has 4 nitrogen and oxygen atoms in total. The molecule has 1 heterocycles. The van der Waals surface area contributed by atoms with Crippen LogP contribution in [0.5, 0.6) is 0 Å². The fourth-order valence-corrected chi connectivity index (χ4v) is 2.14. The number of rotatable bonds is 3. The normalized spacial score (nSPS) is 12.3. The van der Waals surface area contributed by atoms with E-state index in [1.807, 2.05) is 55.5 Å². The lowest BCUT2D eigenvalue weighted by Gasteiger charge is -2.07. The predicted octanol–water partition coefficient (Wildman–Crippen LogP) is 2.83. The summed E-state index contributed by atoms with van der Waals surface area (Å²) in [6.07, 6.45) is 0. The van der Waals surface area contributed by atoms with E-state index in [2.05, 4.69) is 21.2 Å². The van der Waals surface area contributed by atoms with E-state index in [1.54, 1.807) is 0 Å². The third-order valence-corrected chi connectivity index (χ3v) is 3.23. The van der Waals surface area contributed by atoms with E-state index in [0.29, 0.717) is 11.6 Å². The molecule has 1 unspecified atom stereocenters. The average Bonchev–Trinajstić information content (AvgIpc) is 2.97. The number of nitrogens with one attached hydrogen (secondary N) is 1. The van der Waals surface area contributed by atoms with Gasteiger partial charge in [0.2, 0.25) is 0 Å². The van der Waals surface area contributed by atoms with Crippen LogP contribution in [0.1, 0.15) is 23.0 Å². The summed E-state index contributed by atoms with van der Waals surface area (Å²) in [5.74, 6) is 1.35. The van der Waals surface area contributed by atoms with Crippen molar-refractivity contribution in [3.05, 3.63) is 71.5 Å². The van der Waals surface area contributed by atoms with Crippen LogP contribution in [0.3, 0.4) is 0 Å². The van der Waals surface area contributed by atoms with Gasteiger partial charge < -0.3 is 5.73 Å². The Hall–Kier alpha value is -2.46. The van der Waals surface area contributed by atoms with E-state index >= 15 is 0 Å². The first-order chi connectivity index (χ1) is 9.74. The van der Waals surface area contributed by atoms with Crippen LogP contribution in [0.25, 0.3) is 11.4 Å². The Bertz CT molecular complexity index is 703. The van der Waals surface area contributed by atoms with Gasteiger partial charge in [-0.25, -0.2) is 4.98 Å². The van der Waals surface area contributed by atoms with Gasteiger partial charge >= 0.3 is 0 Å². The molecule has 2 aromatic carbocycles. The standard InChI is InChI=1S/C16H16N4/c1-11-6-5-9-13(10-11)15-18-16(20-19-15)14(17)12-7-3-2-4-8-12/h2-10,14H,17H2,1H3,(H,18,19,20). The molecule has 3 aromatic rings. The van der Waals surface area contributed by atoms with Crippen LogP contribution in [-0.2, 0) is 0 Å². The molecule has 0 aliphatic rings. The van der Waals surface area contributed by atoms with Gasteiger partial charge in [-0.2, -0.15) is 5.10 Å². The molecule has 3 N–H and O–H groups in total. The molecule has 0 aliphatic heterocycles. The van der Waals surface area contributed by atoms with E-state index in [0.717, 1.165) is 11.1 Å². The maximum Gasteiger partial charge on any atom is 0.181 e. The molecule has 20 heavy (non-hydrogen) atoms. The van der Waals surface area contributed by atoms with Gasteiger partial charge in [0, 0.05) is 5.56 Å². The van der Waals surface area contributed by atoms with Crippen molar-refractivity contribution in [2.45, 2.75) is 13.0 Å². The zero-order chi connectivity index (χ0) is 13.9. The lowest BCUT2D eigenvalue weighted by molar-refractivity contribution is 0.787. The van der Waals surface area contributed by atoms with Crippen molar-refractivity contribution in [1.82, 2.24) is 15.2 Å². The first kappa shape index (κ1) is 12.6. The zero-order valence-corrected chi connectivity index (χ0v) is 11.2. The summed E-state index contributed by atoms with van der Waals surface area (Å²) >= 11 is 0. The molecular formula is C16H16N4. The maximum absolute atomic E-state index is 6.20. The largest absolute Gasteiger partial charge is 0.318 e. The number of aromatic nitrogens is 3. The topological polar surface area (TPSA) is 67.6 Å². The second-order valence-corrected chi connectivity index (χ2v) is 4.80. The van der Waals surface area contributed by atoms with Crippen LogP contribution in [-0.4, -0.2) is 15.2 Å². The van der Waals surface area contributed by atoms with Crippen molar-refractivity contribution in [2.24, 2.45) is 5.73 Å². The molecule has 0 saturated heterocycles. The Morgan fingerprint density at radius 3 is 2.60 bits per heavy atom. The molecule has 0 amide bonds. The Labute approximate surface area is 117 Å². The maximum atomic E-state index is 6.20. The van der Waals surface area contributed by atoms with E-state index in [1.165, 1.54) is 5.56 Å². The summed E-state index contributed by atoms with van der Waals surface area (Å²) in [4.78, 5) is 4.51. The molecular weight excluding hydrogens is 248 g/mol. The van der Waals surface area contributed by atoms with Crippen molar-refractivity contribution in [3.8, 4) is 11.4 Å². The van der Waals surface area contributed by atoms with Crippen LogP contribution in [0.2, 0.25) is 0 Å². The van der Waals surface area contributed by atoms with Gasteiger partial charge in [0.1, 0.15) is 5.82 Å². The van der Waals surface area contributed by atoms with Crippen molar-refractivity contribution >= 4 is 0 Å². The fraction of sp³-hybridized carbons (Fsp3) is 0.125. The molecule has 0 saturated carbocycles. The van der Waals surface area contributed by atoms with E-state index < -0.39 is 0 Å². The third kappa shape index (κ3) is 2.46. The number of hydrogen-bond acceptors (Lipinski definition) is 3. The number of H-pyrrole nitrogens is 1. The monoisotopic (exact) mass is 264 g/mol. The summed E-state index contributed by atoms with van der Waals surface area (Å²) in [5.41, 5.74) is 9.39. The average molecular weight is 264 g/mol. The molecule has 1 aromatic heterocycles. The van der Waals surface area contributed by atoms with Crippen LogP contribution in [0, 0.1) is 6.92 Å². The Morgan fingerprint density at radius 2 is 1.85 bits per heavy atom. The summed E-state index contributed by atoms with van der Waals surface area (Å²) in [6.45, 7) is 2.05. The van der Waals surface area contributed by atoms with Crippen LogP contribution >= 0.6 is 0 Å². The minimum absolute atomic E-state index is 0.290. The van der Waals surface area contributed by atoms with Crippen LogP contribution < -0.4 is 5.73 Å². The highest BCUT2D eigenvalue weighted by Crippen LogP contribution is 2.20. The molecule has 0 fully saturated rings. The molecule has 1 atom stereocenters. The number of hydrogen-bond donors (Lipinski definition) is 2.